The van der Waals surface area contributed by atoms with E-state index in [0.29, 0.717) is 12.8 Å². The molecule has 0 aromatic heterocycles. The van der Waals surface area contributed by atoms with Crippen LogP contribution in [0.5, 0.6) is 0 Å². The number of carbonyl (C=O) groups excluding carboxylic acids is 3. The van der Waals surface area contributed by atoms with Gasteiger partial charge in [-0.25, -0.2) is 0 Å². The van der Waals surface area contributed by atoms with Crippen molar-refractivity contribution in [1.29, 1.82) is 0 Å². The molecule has 0 N–H and O–H groups in total. The molecule has 64 heavy (non-hydrogen) atoms. The highest BCUT2D eigenvalue weighted by atomic mass is 16.6. The van der Waals surface area contributed by atoms with Gasteiger partial charge in [-0.2, -0.15) is 0 Å². The van der Waals surface area contributed by atoms with Crippen LogP contribution in [-0.2, 0) is 28.6 Å². The first-order chi connectivity index (χ1) is 31.1. The lowest BCUT2D eigenvalue weighted by atomic mass is 10.0. The lowest BCUT2D eigenvalue weighted by Gasteiger charge is -2.34. The predicted molar refractivity (Wildman–Crippen MR) is 268 cm³/mol. The number of esters is 2. The van der Waals surface area contributed by atoms with Crippen molar-refractivity contribution in [1.82, 2.24) is 0 Å². The van der Waals surface area contributed by atoms with Crippen LogP contribution in [0.4, 0.5) is 0 Å². The summed E-state index contributed by atoms with van der Waals surface area (Å²) in [6.45, 7) is 4.36. The van der Waals surface area contributed by atoms with Gasteiger partial charge in [-0.15, -0.1) is 0 Å². The van der Waals surface area contributed by atoms with Gasteiger partial charge in [0.25, 0.3) is 0 Å². The molecule has 8 heteroatoms. The van der Waals surface area contributed by atoms with E-state index in [1.165, 1.54) is 44.9 Å². The van der Waals surface area contributed by atoms with Crippen LogP contribution >= 0.6 is 0 Å². The Morgan fingerprint density at radius 1 is 0.469 bits per heavy atom. The molecule has 0 radical (unpaired) electrons. The van der Waals surface area contributed by atoms with Gasteiger partial charge in [0.05, 0.1) is 40.3 Å². The number of carbonyl (C=O) groups is 3. The number of hydrogen-bond donors (Lipinski definition) is 0. The molecular weight excluding hydrogens is 799 g/mol. The van der Waals surface area contributed by atoms with Crippen LogP contribution in [0, 0.1) is 0 Å². The minimum absolute atomic E-state index is 0.0143. The van der Waals surface area contributed by atoms with Crippen LogP contribution in [0.1, 0.15) is 174 Å². The van der Waals surface area contributed by atoms with Crippen molar-refractivity contribution in [3.8, 4) is 0 Å². The highest BCUT2D eigenvalue weighted by Crippen LogP contribution is 2.14. The standard InChI is InChI=1S/C56H91NO7/c1-6-8-10-12-14-16-18-20-22-24-25-26-27-28-29-31-33-35-37-39-41-43-45-47-55(59)64-52(50-62-49-48-53(56(60)61)57(3,4)5)51-63-54(58)46-44-42-40-38-36-34-32-30-23-21-19-17-15-13-11-9-7-2/h8-11,14-17,20-23,25-26,32,34,38,40,52-53H,6-7,12-13,18-19,24,27-31,33,35-37,39,41-51H2,1-5H3/b10-8+,11-9+,16-14+,17-15+,22-20+,23-21+,26-25+,34-32+,40-38+. The first kappa shape index (κ1) is 60.0. The number of rotatable bonds is 43. The van der Waals surface area contributed by atoms with Gasteiger partial charge in [0.15, 0.2) is 6.10 Å². The molecule has 0 saturated carbocycles. The minimum atomic E-state index is -1.14. The highest BCUT2D eigenvalue weighted by molar-refractivity contribution is 5.70. The van der Waals surface area contributed by atoms with Crippen molar-refractivity contribution < 1.29 is 38.2 Å². The van der Waals surface area contributed by atoms with Crippen LogP contribution < -0.4 is 5.11 Å². The van der Waals surface area contributed by atoms with E-state index < -0.39 is 18.1 Å². The molecule has 0 aromatic carbocycles. The second kappa shape index (κ2) is 45.6. The summed E-state index contributed by atoms with van der Waals surface area (Å²) >= 11 is 0. The average molecular weight is 890 g/mol. The molecule has 2 atom stereocenters. The Hall–Kier alpha value is -4.01. The molecule has 0 fully saturated rings. The Balaban J connectivity index is 4.35. The van der Waals surface area contributed by atoms with E-state index in [1.54, 1.807) is 21.1 Å². The van der Waals surface area contributed by atoms with Gasteiger partial charge in [0.2, 0.25) is 0 Å². The maximum Gasteiger partial charge on any atom is 0.306 e. The van der Waals surface area contributed by atoms with Crippen LogP contribution in [0.2, 0.25) is 0 Å². The number of likely N-dealkylation sites (N-methyl/N-ethyl adjacent to an activating group) is 1. The van der Waals surface area contributed by atoms with Crippen molar-refractivity contribution in [2.75, 3.05) is 41.0 Å². The summed E-state index contributed by atoms with van der Waals surface area (Å²) in [6.07, 6.45) is 62.7. The minimum Gasteiger partial charge on any atom is -0.544 e. The molecule has 8 nitrogen and oxygen atoms in total. The molecule has 0 amide bonds. The zero-order chi connectivity index (χ0) is 47.0. The van der Waals surface area contributed by atoms with Crippen LogP contribution in [0.15, 0.2) is 109 Å². The molecule has 0 spiro atoms. The van der Waals surface area contributed by atoms with Crippen LogP contribution in [0.3, 0.4) is 0 Å². The Labute approximate surface area is 391 Å². The fourth-order valence-corrected chi connectivity index (χ4v) is 6.63. The molecule has 0 aliphatic heterocycles. The molecule has 362 valence electrons. The molecule has 0 rings (SSSR count). The average Bonchev–Trinajstić information content (AvgIpc) is 3.26. The summed E-state index contributed by atoms with van der Waals surface area (Å²) in [5.41, 5.74) is 0. The van der Waals surface area contributed by atoms with Gasteiger partial charge in [-0.1, -0.05) is 175 Å². The van der Waals surface area contributed by atoms with E-state index in [4.69, 9.17) is 14.2 Å². The maximum absolute atomic E-state index is 12.8. The SMILES string of the molecule is CC/C=C/C/C=C/C/C=C/C/C=C/C/C=C/CCCC(=O)OCC(COCCC(C(=O)[O-])[N+](C)(C)C)OC(=O)CCCCCCCCCCCC/C=C/C/C=C/C/C=C/C/C=C/CC. The number of carboxylic acids is 1. The molecule has 0 aliphatic rings. The molecule has 2 unspecified atom stereocenters. The second-order valence-electron chi connectivity index (χ2n) is 17.3. The number of aliphatic carboxylic acids is 1. The monoisotopic (exact) mass is 890 g/mol. The lowest BCUT2D eigenvalue weighted by molar-refractivity contribution is -0.889. The number of allylic oxidation sites excluding steroid dienone is 18. The third kappa shape index (κ3) is 43.3. The van der Waals surface area contributed by atoms with Crippen molar-refractivity contribution in [3.63, 3.8) is 0 Å². The number of unbranched alkanes of at least 4 members (excludes halogenated alkanes) is 11. The maximum atomic E-state index is 12.8. The smallest absolute Gasteiger partial charge is 0.306 e. The lowest BCUT2D eigenvalue weighted by Crippen LogP contribution is -2.55. The van der Waals surface area contributed by atoms with Gasteiger partial charge in [0, 0.05) is 19.3 Å². The third-order valence-corrected chi connectivity index (χ3v) is 10.4. The molecule has 0 aliphatic carbocycles. The zero-order valence-corrected chi connectivity index (χ0v) is 41.2. The number of hydrogen-bond acceptors (Lipinski definition) is 7. The molecule has 0 heterocycles. The Morgan fingerprint density at radius 3 is 1.27 bits per heavy atom. The van der Waals surface area contributed by atoms with Crippen LogP contribution in [0.25, 0.3) is 0 Å². The molecule has 0 aromatic rings. The second-order valence-corrected chi connectivity index (χ2v) is 17.3. The third-order valence-electron chi connectivity index (χ3n) is 10.4. The van der Waals surface area contributed by atoms with Gasteiger partial charge in [0.1, 0.15) is 12.6 Å². The van der Waals surface area contributed by atoms with E-state index in [1.807, 2.05) is 0 Å². The molecule has 0 saturated heterocycles. The summed E-state index contributed by atoms with van der Waals surface area (Å²) < 4.78 is 17.2. The zero-order valence-electron chi connectivity index (χ0n) is 41.2. The van der Waals surface area contributed by atoms with Gasteiger partial charge >= 0.3 is 11.9 Å². The quantitative estimate of drug-likeness (QED) is 0.0260. The Morgan fingerprint density at radius 2 is 0.844 bits per heavy atom. The van der Waals surface area contributed by atoms with Crippen LogP contribution in [-0.4, -0.2) is 75.5 Å². The fraction of sp³-hybridized carbons (Fsp3) is 0.625. The van der Waals surface area contributed by atoms with E-state index in [2.05, 4.69) is 123 Å². The number of nitrogens with zero attached hydrogens (tertiary/aromatic N) is 1. The first-order valence-corrected chi connectivity index (χ1v) is 24.9. The summed E-state index contributed by atoms with van der Waals surface area (Å²) in [7, 11) is 5.38. The van der Waals surface area contributed by atoms with Crippen molar-refractivity contribution >= 4 is 17.9 Å². The molecular formula is C56H91NO7. The summed E-state index contributed by atoms with van der Waals surface area (Å²) in [5, 5.41) is 11.7. The number of carboxylic acid groups (broad SMARTS) is 1. The highest BCUT2D eigenvalue weighted by Gasteiger charge is 2.25. The predicted octanol–water partition coefficient (Wildman–Crippen LogP) is 13.1. The van der Waals surface area contributed by atoms with E-state index in [0.717, 1.165) is 89.9 Å². The van der Waals surface area contributed by atoms with Gasteiger partial charge < -0.3 is 28.6 Å². The van der Waals surface area contributed by atoms with E-state index in [-0.39, 0.29) is 49.1 Å². The summed E-state index contributed by atoms with van der Waals surface area (Å²) in [4.78, 5) is 37.0. The number of ether oxygens (including phenoxy) is 3. The van der Waals surface area contributed by atoms with Crippen molar-refractivity contribution in [2.24, 2.45) is 0 Å². The number of quaternary nitrogens is 1. The Kier molecular flexibility index (Phi) is 42.7. The van der Waals surface area contributed by atoms with Crippen molar-refractivity contribution in [3.05, 3.63) is 109 Å². The van der Waals surface area contributed by atoms with E-state index >= 15 is 0 Å². The largest absolute Gasteiger partial charge is 0.544 e. The Bertz CT molecular complexity index is 1410. The van der Waals surface area contributed by atoms with Gasteiger partial charge in [-0.3, -0.25) is 9.59 Å². The summed E-state index contributed by atoms with van der Waals surface area (Å²) in [5.74, 6) is -1.83. The summed E-state index contributed by atoms with van der Waals surface area (Å²) in [6, 6.07) is -0.742. The first-order valence-electron chi connectivity index (χ1n) is 24.9. The van der Waals surface area contributed by atoms with Gasteiger partial charge in [-0.05, 0) is 89.9 Å². The van der Waals surface area contributed by atoms with Crippen molar-refractivity contribution in [2.45, 2.75) is 187 Å². The fourth-order valence-electron chi connectivity index (χ4n) is 6.63. The molecule has 0 bridgehead atoms. The normalized spacial score (nSPS) is 13.8. The van der Waals surface area contributed by atoms with E-state index in [9.17, 15) is 19.5 Å². The topological polar surface area (TPSA) is 102 Å².